The highest BCUT2D eigenvalue weighted by molar-refractivity contribution is 9.10. The molecule has 0 amide bonds. The monoisotopic (exact) mass is 327 g/mol. The van der Waals surface area contributed by atoms with Crippen molar-refractivity contribution in [1.29, 1.82) is 0 Å². The minimum atomic E-state index is -1.06. The fourth-order valence-corrected chi connectivity index (χ4v) is 2.76. The highest BCUT2D eigenvalue weighted by Gasteiger charge is 2.09. The Bertz CT molecular complexity index is 582. The van der Waals surface area contributed by atoms with Crippen LogP contribution < -0.4 is 10.5 Å². The number of hydrogen-bond donors (Lipinski definition) is 2. The van der Waals surface area contributed by atoms with Crippen molar-refractivity contribution in [1.82, 2.24) is 0 Å². The molecule has 4 nitrogen and oxygen atoms in total. The van der Waals surface area contributed by atoms with Gasteiger partial charge in [-0.25, -0.2) is 4.79 Å². The standard InChI is InChI=1S/C12H10BrNO3S/c13-7-3-9(18-6-7)5-17-8-1-2-11(14)10(4-8)12(15)16/h1-4,6H,5,14H2,(H,15,16). The van der Waals surface area contributed by atoms with Gasteiger partial charge in [-0.05, 0) is 40.2 Å². The van der Waals surface area contributed by atoms with Crippen molar-refractivity contribution in [3.8, 4) is 5.75 Å². The number of thiophene rings is 1. The molecule has 0 aliphatic carbocycles. The van der Waals surface area contributed by atoms with E-state index in [1.165, 1.54) is 12.1 Å². The van der Waals surface area contributed by atoms with E-state index in [-0.39, 0.29) is 11.3 Å². The lowest BCUT2D eigenvalue weighted by molar-refractivity contribution is 0.0697. The normalized spacial score (nSPS) is 10.3. The number of aromatic carboxylic acids is 1. The number of ether oxygens (including phenoxy) is 1. The molecule has 0 saturated heterocycles. The molecule has 0 bridgehead atoms. The van der Waals surface area contributed by atoms with E-state index in [0.717, 1.165) is 9.35 Å². The van der Waals surface area contributed by atoms with Crippen LogP contribution in [0.15, 0.2) is 34.1 Å². The lowest BCUT2D eigenvalue weighted by atomic mass is 10.2. The summed E-state index contributed by atoms with van der Waals surface area (Å²) in [6.07, 6.45) is 0. The molecule has 18 heavy (non-hydrogen) atoms. The van der Waals surface area contributed by atoms with E-state index in [1.54, 1.807) is 17.4 Å². The molecule has 0 fully saturated rings. The summed E-state index contributed by atoms with van der Waals surface area (Å²) in [6.45, 7) is 0.402. The number of anilines is 1. The molecule has 0 saturated carbocycles. The van der Waals surface area contributed by atoms with Crippen molar-refractivity contribution >= 4 is 38.9 Å². The van der Waals surface area contributed by atoms with Crippen LogP contribution in [0.5, 0.6) is 5.75 Å². The van der Waals surface area contributed by atoms with Gasteiger partial charge in [0, 0.05) is 20.4 Å². The fourth-order valence-electron chi connectivity index (χ4n) is 1.39. The van der Waals surface area contributed by atoms with E-state index in [0.29, 0.717) is 12.4 Å². The van der Waals surface area contributed by atoms with E-state index in [4.69, 9.17) is 15.6 Å². The second-order valence-electron chi connectivity index (χ2n) is 3.57. The average molecular weight is 328 g/mol. The SMILES string of the molecule is Nc1ccc(OCc2cc(Br)cs2)cc1C(=O)O. The number of rotatable bonds is 4. The minimum absolute atomic E-state index is 0.0554. The summed E-state index contributed by atoms with van der Waals surface area (Å²) in [5.74, 6) is -0.567. The second-order valence-corrected chi connectivity index (χ2v) is 5.49. The molecular formula is C12H10BrNO3S. The van der Waals surface area contributed by atoms with E-state index in [2.05, 4.69) is 15.9 Å². The zero-order chi connectivity index (χ0) is 13.1. The van der Waals surface area contributed by atoms with Crippen LogP contribution in [0.2, 0.25) is 0 Å². The van der Waals surface area contributed by atoms with Gasteiger partial charge in [0.15, 0.2) is 0 Å². The summed E-state index contributed by atoms with van der Waals surface area (Å²) in [5, 5.41) is 10.9. The second kappa shape index (κ2) is 5.41. The smallest absolute Gasteiger partial charge is 0.337 e. The summed E-state index contributed by atoms with van der Waals surface area (Å²) in [5.41, 5.74) is 5.85. The molecule has 0 aliphatic rings. The molecule has 0 spiro atoms. The van der Waals surface area contributed by atoms with Crippen molar-refractivity contribution in [2.24, 2.45) is 0 Å². The lowest BCUT2D eigenvalue weighted by Gasteiger charge is -2.07. The molecule has 94 valence electrons. The molecule has 3 N–H and O–H groups in total. The van der Waals surface area contributed by atoms with Gasteiger partial charge in [0.25, 0.3) is 0 Å². The predicted molar refractivity (Wildman–Crippen MR) is 74.2 cm³/mol. The highest BCUT2D eigenvalue weighted by Crippen LogP contribution is 2.23. The molecule has 1 aromatic heterocycles. The highest BCUT2D eigenvalue weighted by atomic mass is 79.9. The number of hydrogen-bond acceptors (Lipinski definition) is 4. The van der Waals surface area contributed by atoms with Crippen LogP contribution in [-0.4, -0.2) is 11.1 Å². The summed E-state index contributed by atoms with van der Waals surface area (Å²) < 4.78 is 6.53. The van der Waals surface area contributed by atoms with Crippen LogP contribution in [0, 0.1) is 0 Å². The summed E-state index contributed by atoms with van der Waals surface area (Å²) in [7, 11) is 0. The van der Waals surface area contributed by atoms with Crippen LogP contribution in [-0.2, 0) is 6.61 Å². The van der Waals surface area contributed by atoms with Crippen LogP contribution in [0.1, 0.15) is 15.2 Å². The number of nitrogens with two attached hydrogens (primary N) is 1. The summed E-state index contributed by atoms with van der Waals surface area (Å²) in [6, 6.07) is 6.58. The maximum absolute atomic E-state index is 10.9. The van der Waals surface area contributed by atoms with Crippen molar-refractivity contribution in [2.45, 2.75) is 6.61 Å². The lowest BCUT2D eigenvalue weighted by Crippen LogP contribution is -2.03. The van der Waals surface area contributed by atoms with Gasteiger partial charge in [-0.15, -0.1) is 11.3 Å². The van der Waals surface area contributed by atoms with Gasteiger partial charge >= 0.3 is 5.97 Å². The van der Waals surface area contributed by atoms with Crippen LogP contribution in [0.3, 0.4) is 0 Å². The first-order chi connectivity index (χ1) is 8.56. The molecule has 0 atom stereocenters. The Kier molecular flexibility index (Phi) is 3.88. The first kappa shape index (κ1) is 12.9. The minimum Gasteiger partial charge on any atom is -0.488 e. The van der Waals surface area contributed by atoms with Crippen LogP contribution in [0.4, 0.5) is 5.69 Å². The number of nitrogen functional groups attached to an aromatic ring is 1. The quantitative estimate of drug-likeness (QED) is 0.844. The van der Waals surface area contributed by atoms with Crippen molar-refractivity contribution in [3.63, 3.8) is 0 Å². The molecule has 2 rings (SSSR count). The first-order valence-electron chi connectivity index (χ1n) is 5.05. The molecule has 1 aromatic carbocycles. The van der Waals surface area contributed by atoms with E-state index in [1.807, 2.05) is 11.4 Å². The van der Waals surface area contributed by atoms with Gasteiger partial charge < -0.3 is 15.6 Å². The Morgan fingerprint density at radius 2 is 2.22 bits per heavy atom. The van der Waals surface area contributed by atoms with Gasteiger partial charge in [-0.2, -0.15) is 0 Å². The van der Waals surface area contributed by atoms with Crippen LogP contribution >= 0.6 is 27.3 Å². The first-order valence-corrected chi connectivity index (χ1v) is 6.72. The summed E-state index contributed by atoms with van der Waals surface area (Å²) in [4.78, 5) is 12.0. The third-order valence-corrected chi connectivity index (χ3v) is 3.93. The third-order valence-electron chi connectivity index (χ3n) is 2.26. The largest absolute Gasteiger partial charge is 0.488 e. The number of carboxylic acids is 1. The van der Waals surface area contributed by atoms with E-state index >= 15 is 0 Å². The zero-order valence-electron chi connectivity index (χ0n) is 9.22. The number of carboxylic acid groups (broad SMARTS) is 1. The van der Waals surface area contributed by atoms with Crippen LogP contribution in [0.25, 0.3) is 0 Å². The number of halogens is 1. The predicted octanol–water partition coefficient (Wildman–Crippen LogP) is 3.37. The Hall–Kier alpha value is -1.53. The Labute approximate surface area is 116 Å². The number of benzene rings is 1. The Morgan fingerprint density at radius 3 is 2.83 bits per heavy atom. The maximum Gasteiger partial charge on any atom is 0.337 e. The summed E-state index contributed by atoms with van der Waals surface area (Å²) >= 11 is 4.93. The van der Waals surface area contributed by atoms with Crippen molar-refractivity contribution in [3.05, 3.63) is 44.6 Å². The zero-order valence-corrected chi connectivity index (χ0v) is 11.6. The molecular weight excluding hydrogens is 318 g/mol. The third kappa shape index (κ3) is 3.02. The van der Waals surface area contributed by atoms with Gasteiger partial charge in [0.2, 0.25) is 0 Å². The average Bonchev–Trinajstić information content (AvgIpc) is 2.74. The molecule has 1 heterocycles. The molecule has 6 heteroatoms. The molecule has 2 aromatic rings. The number of carbonyl (C=O) groups is 1. The van der Waals surface area contributed by atoms with Crippen molar-refractivity contribution in [2.75, 3.05) is 5.73 Å². The molecule has 0 unspecified atom stereocenters. The molecule has 0 aliphatic heterocycles. The van der Waals surface area contributed by atoms with Gasteiger partial charge in [0.1, 0.15) is 12.4 Å². The Balaban J connectivity index is 2.10. The Morgan fingerprint density at radius 1 is 1.44 bits per heavy atom. The van der Waals surface area contributed by atoms with E-state index in [9.17, 15) is 4.79 Å². The van der Waals surface area contributed by atoms with Gasteiger partial charge in [-0.1, -0.05) is 0 Å². The van der Waals surface area contributed by atoms with Gasteiger partial charge in [0.05, 0.1) is 5.56 Å². The maximum atomic E-state index is 10.9. The van der Waals surface area contributed by atoms with E-state index < -0.39 is 5.97 Å². The van der Waals surface area contributed by atoms with Gasteiger partial charge in [-0.3, -0.25) is 0 Å². The fraction of sp³-hybridized carbons (Fsp3) is 0.0833. The van der Waals surface area contributed by atoms with Crippen molar-refractivity contribution < 1.29 is 14.6 Å². The molecule has 0 radical (unpaired) electrons. The topological polar surface area (TPSA) is 72.5 Å².